The zero-order valence-corrected chi connectivity index (χ0v) is 21.9. The second-order valence-corrected chi connectivity index (χ2v) is 10.1. The molecular formula is C27H38N6O4. The van der Waals surface area contributed by atoms with E-state index in [1.807, 2.05) is 36.6 Å². The van der Waals surface area contributed by atoms with Gasteiger partial charge >= 0.3 is 0 Å². The lowest BCUT2D eigenvalue weighted by Crippen LogP contribution is -2.34. The van der Waals surface area contributed by atoms with Gasteiger partial charge in [-0.05, 0) is 37.4 Å². The molecule has 2 aromatic heterocycles. The van der Waals surface area contributed by atoms with Crippen LogP contribution in [-0.2, 0) is 42.1 Å². The number of imidazole rings is 1. The Labute approximate surface area is 217 Å². The summed E-state index contributed by atoms with van der Waals surface area (Å²) in [7, 11) is 0. The normalized spacial score (nSPS) is 15.6. The first-order valence-corrected chi connectivity index (χ1v) is 12.8. The zero-order chi connectivity index (χ0) is 26.6. The molecule has 10 heteroatoms. The Balaban J connectivity index is 1.79. The highest BCUT2D eigenvalue weighted by Gasteiger charge is 2.31. The van der Waals surface area contributed by atoms with Gasteiger partial charge in [0, 0.05) is 37.6 Å². The molecule has 10 nitrogen and oxygen atoms in total. The Morgan fingerprint density at radius 2 is 2.00 bits per heavy atom. The van der Waals surface area contributed by atoms with Gasteiger partial charge < -0.3 is 35.9 Å². The van der Waals surface area contributed by atoms with Crippen LogP contribution >= 0.6 is 0 Å². The smallest absolute Gasteiger partial charge is 0.217 e. The second-order valence-electron chi connectivity index (χ2n) is 10.1. The summed E-state index contributed by atoms with van der Waals surface area (Å²) in [6.07, 6.45) is 1.43. The van der Waals surface area contributed by atoms with Gasteiger partial charge in [-0.3, -0.25) is 4.79 Å². The maximum absolute atomic E-state index is 11.5. The fraction of sp³-hybridized carbons (Fsp3) is 0.519. The number of hydrogen-bond donors (Lipinski definition) is 5. The van der Waals surface area contributed by atoms with E-state index in [1.54, 1.807) is 0 Å². The highest BCUT2D eigenvalue weighted by molar-refractivity contribution is 5.89. The molecule has 3 heterocycles. The van der Waals surface area contributed by atoms with Crippen molar-refractivity contribution >= 4 is 22.8 Å². The largest absolute Gasteiger partial charge is 0.396 e. The molecule has 1 amide bonds. The number of nitrogens with two attached hydrogens (primary N) is 1. The first kappa shape index (κ1) is 27.0. The van der Waals surface area contributed by atoms with Gasteiger partial charge in [-0.2, -0.15) is 0 Å². The average Bonchev–Trinajstić information content (AvgIpc) is 3.25. The third-order valence-corrected chi connectivity index (χ3v) is 7.03. The summed E-state index contributed by atoms with van der Waals surface area (Å²) in [4.78, 5) is 21.1. The second kappa shape index (κ2) is 11.6. The fourth-order valence-electron chi connectivity index (χ4n) is 4.90. The number of carbonyl (C=O) groups is 1. The van der Waals surface area contributed by atoms with Gasteiger partial charge in [-0.25, -0.2) is 9.97 Å². The number of carbonyl (C=O) groups excluding carboxylic acids is 1. The molecule has 1 aliphatic rings. The maximum Gasteiger partial charge on any atom is 0.217 e. The third kappa shape index (κ3) is 5.77. The van der Waals surface area contributed by atoms with Crippen molar-refractivity contribution in [1.29, 1.82) is 0 Å². The number of rotatable bonds is 11. The lowest BCUT2D eigenvalue weighted by molar-refractivity contribution is -0.119. The minimum Gasteiger partial charge on any atom is -0.396 e. The van der Waals surface area contributed by atoms with Crippen molar-refractivity contribution < 1.29 is 19.7 Å². The number of amides is 1. The molecule has 0 bridgehead atoms. The molecule has 0 radical (unpaired) electrons. The molecule has 6 N–H and O–H groups in total. The number of hydrogen-bond acceptors (Lipinski definition) is 8. The van der Waals surface area contributed by atoms with Gasteiger partial charge in [0.25, 0.3) is 0 Å². The Bertz CT molecular complexity index is 1250. The number of aliphatic hydroxyl groups is 2. The van der Waals surface area contributed by atoms with Crippen LogP contribution < -0.4 is 16.4 Å². The Kier molecular flexibility index (Phi) is 8.43. The third-order valence-electron chi connectivity index (χ3n) is 7.03. The number of pyridine rings is 1. The van der Waals surface area contributed by atoms with E-state index in [0.29, 0.717) is 49.9 Å². The molecule has 0 spiro atoms. The van der Waals surface area contributed by atoms with E-state index < -0.39 is 5.41 Å². The van der Waals surface area contributed by atoms with E-state index >= 15 is 0 Å². The molecule has 1 unspecified atom stereocenters. The molecule has 3 aromatic rings. The molecule has 4 rings (SSSR count). The SMILES string of the molecule is CCOCc1nc2c(N)nc3c(c2n1CC(C)(CO)CO)CCNC3Cc1ccccc1CNC(C)=O. The number of anilines is 1. The number of benzene rings is 1. The summed E-state index contributed by atoms with van der Waals surface area (Å²) >= 11 is 0. The monoisotopic (exact) mass is 510 g/mol. The van der Waals surface area contributed by atoms with Crippen LogP contribution in [0.3, 0.4) is 0 Å². The first-order valence-electron chi connectivity index (χ1n) is 12.8. The molecule has 1 aliphatic heterocycles. The maximum atomic E-state index is 11.5. The average molecular weight is 511 g/mol. The number of aliphatic hydroxyl groups excluding tert-OH is 2. The zero-order valence-electron chi connectivity index (χ0n) is 21.9. The number of nitrogens with zero attached hydrogens (tertiary/aromatic N) is 3. The van der Waals surface area contributed by atoms with Crippen molar-refractivity contribution in [2.45, 2.75) is 59.4 Å². The van der Waals surface area contributed by atoms with Crippen molar-refractivity contribution in [3.8, 4) is 0 Å². The van der Waals surface area contributed by atoms with Crippen molar-refractivity contribution in [2.75, 3.05) is 32.1 Å². The number of nitrogen functional groups attached to an aromatic ring is 1. The highest BCUT2D eigenvalue weighted by atomic mass is 16.5. The molecule has 1 atom stereocenters. The number of aromatic nitrogens is 3. The van der Waals surface area contributed by atoms with Crippen LogP contribution in [0.2, 0.25) is 0 Å². The van der Waals surface area contributed by atoms with Crippen molar-refractivity contribution in [2.24, 2.45) is 5.41 Å². The van der Waals surface area contributed by atoms with E-state index in [2.05, 4.69) is 16.7 Å². The van der Waals surface area contributed by atoms with Gasteiger partial charge in [0.1, 0.15) is 17.9 Å². The van der Waals surface area contributed by atoms with Crippen molar-refractivity contribution in [1.82, 2.24) is 25.2 Å². The van der Waals surface area contributed by atoms with Gasteiger partial charge in [-0.15, -0.1) is 0 Å². The summed E-state index contributed by atoms with van der Waals surface area (Å²) in [6.45, 7) is 7.37. The Hall–Kier alpha value is -3.05. The summed E-state index contributed by atoms with van der Waals surface area (Å²) in [6, 6.07) is 8.00. The van der Waals surface area contributed by atoms with Gasteiger partial charge in [0.2, 0.25) is 5.91 Å². The van der Waals surface area contributed by atoms with E-state index in [4.69, 9.17) is 20.4 Å². The van der Waals surface area contributed by atoms with Crippen LogP contribution in [0, 0.1) is 5.41 Å². The first-order chi connectivity index (χ1) is 17.8. The lowest BCUT2D eigenvalue weighted by atomic mass is 9.90. The van der Waals surface area contributed by atoms with E-state index in [9.17, 15) is 15.0 Å². The number of nitrogens with one attached hydrogen (secondary N) is 2. The number of ether oxygens (including phenoxy) is 1. The van der Waals surface area contributed by atoms with Crippen LogP contribution in [0.5, 0.6) is 0 Å². The molecule has 0 aliphatic carbocycles. The van der Waals surface area contributed by atoms with Gasteiger partial charge in [-0.1, -0.05) is 31.2 Å². The summed E-state index contributed by atoms with van der Waals surface area (Å²) in [5.74, 6) is 0.976. The molecule has 0 fully saturated rings. The predicted molar refractivity (Wildman–Crippen MR) is 142 cm³/mol. The molecular weight excluding hydrogens is 472 g/mol. The molecule has 0 saturated heterocycles. The summed E-state index contributed by atoms with van der Waals surface area (Å²) < 4.78 is 7.74. The predicted octanol–water partition coefficient (Wildman–Crippen LogP) is 1.61. The van der Waals surface area contributed by atoms with Crippen LogP contribution in [0.1, 0.15) is 55.0 Å². The topological polar surface area (TPSA) is 148 Å². The fourth-order valence-corrected chi connectivity index (χ4v) is 4.90. The highest BCUT2D eigenvalue weighted by Crippen LogP contribution is 2.35. The number of fused-ring (bicyclic) bond motifs is 3. The van der Waals surface area contributed by atoms with Gasteiger partial charge in [0.15, 0.2) is 5.82 Å². The molecule has 1 aromatic carbocycles. The molecule has 37 heavy (non-hydrogen) atoms. The Morgan fingerprint density at radius 3 is 2.68 bits per heavy atom. The van der Waals surface area contributed by atoms with E-state index in [0.717, 1.165) is 40.9 Å². The van der Waals surface area contributed by atoms with E-state index in [1.165, 1.54) is 6.92 Å². The Morgan fingerprint density at radius 1 is 1.27 bits per heavy atom. The van der Waals surface area contributed by atoms with Crippen LogP contribution in [-0.4, -0.2) is 57.0 Å². The summed E-state index contributed by atoms with van der Waals surface area (Å²) in [5.41, 5.74) is 11.4. The van der Waals surface area contributed by atoms with Gasteiger partial charge in [0.05, 0.1) is 30.5 Å². The lowest BCUT2D eigenvalue weighted by Gasteiger charge is -2.30. The van der Waals surface area contributed by atoms with Crippen LogP contribution in [0.25, 0.3) is 11.0 Å². The minimum atomic E-state index is -0.742. The quantitative estimate of drug-likeness (QED) is 0.261. The van der Waals surface area contributed by atoms with Crippen molar-refractivity contribution in [3.63, 3.8) is 0 Å². The summed E-state index contributed by atoms with van der Waals surface area (Å²) in [5, 5.41) is 26.5. The standard InChI is InChI=1S/C27H38N6O4/c1-4-37-13-22-31-24-25(33(22)14-27(3,15-34)16-35)20-9-10-29-21(23(20)32-26(24)28)11-18-7-5-6-8-19(18)12-30-17(2)36/h5-8,21,29,34-35H,4,9-16H2,1-3H3,(H2,28,32)(H,30,36). The molecule has 0 saturated carbocycles. The van der Waals surface area contributed by atoms with Crippen molar-refractivity contribution in [3.05, 3.63) is 52.5 Å². The van der Waals surface area contributed by atoms with E-state index in [-0.39, 0.29) is 25.2 Å². The van der Waals surface area contributed by atoms with Crippen LogP contribution in [0.4, 0.5) is 5.82 Å². The molecule has 200 valence electrons. The van der Waals surface area contributed by atoms with Crippen LogP contribution in [0.15, 0.2) is 24.3 Å². The minimum absolute atomic E-state index is 0.0679.